The van der Waals surface area contributed by atoms with Gasteiger partial charge in [-0.15, -0.1) is 0 Å². The third-order valence-electron chi connectivity index (χ3n) is 3.38. The summed E-state index contributed by atoms with van der Waals surface area (Å²) in [7, 11) is 0. The summed E-state index contributed by atoms with van der Waals surface area (Å²) in [4.78, 5) is 15.6. The number of rotatable bonds is 8. The highest BCUT2D eigenvalue weighted by Gasteiger charge is 2.06. The Balaban J connectivity index is 1.92. The zero-order valence-corrected chi connectivity index (χ0v) is 14.0. The average molecular weight is 344 g/mol. The number of nitrogens with zero attached hydrogens (tertiary/aromatic N) is 1. The number of halogens is 1. The van der Waals surface area contributed by atoms with Crippen molar-refractivity contribution in [2.75, 3.05) is 6.54 Å². The highest BCUT2D eigenvalue weighted by atomic mass is 19.1. The van der Waals surface area contributed by atoms with Gasteiger partial charge in [0.2, 0.25) is 5.91 Å². The Morgan fingerprint density at radius 1 is 1.44 bits per heavy atom. The number of amides is 1. The molecule has 5 nitrogen and oxygen atoms in total. The van der Waals surface area contributed by atoms with E-state index in [1.54, 1.807) is 24.4 Å². The molecule has 0 aliphatic heterocycles. The third kappa shape index (κ3) is 6.35. The molecule has 1 aromatic heterocycles. The van der Waals surface area contributed by atoms with Crippen molar-refractivity contribution in [1.82, 2.24) is 10.3 Å². The van der Waals surface area contributed by atoms with E-state index >= 15 is 0 Å². The van der Waals surface area contributed by atoms with Crippen LogP contribution in [-0.4, -0.2) is 28.6 Å². The first-order chi connectivity index (χ1) is 12.1. The zero-order chi connectivity index (χ0) is 18.1. The second-order valence-electron chi connectivity index (χ2n) is 5.50. The van der Waals surface area contributed by atoms with Crippen LogP contribution in [0, 0.1) is 5.82 Å². The van der Waals surface area contributed by atoms with Crippen LogP contribution >= 0.6 is 0 Å². The van der Waals surface area contributed by atoms with Crippen molar-refractivity contribution in [1.29, 1.82) is 0 Å². The molecule has 0 radical (unpaired) electrons. The lowest BCUT2D eigenvalue weighted by molar-refractivity contribution is -0.116. The molecule has 2 rings (SSSR count). The van der Waals surface area contributed by atoms with Crippen LogP contribution in [0.2, 0.25) is 0 Å². The molecule has 0 saturated carbocycles. The molecule has 0 fully saturated rings. The highest BCUT2D eigenvalue weighted by molar-refractivity contribution is 5.91. The molecule has 132 valence electrons. The number of carbonyl (C=O) groups excluding carboxylic acids is 1. The number of aliphatic hydroxyl groups is 1. The molecule has 1 amide bonds. The van der Waals surface area contributed by atoms with E-state index in [0.29, 0.717) is 17.7 Å². The molecular weight excluding hydrogens is 323 g/mol. The molecule has 2 aromatic rings. The van der Waals surface area contributed by atoms with Crippen molar-refractivity contribution in [2.45, 2.75) is 25.9 Å². The van der Waals surface area contributed by atoms with Gasteiger partial charge in [-0.1, -0.05) is 19.4 Å². The van der Waals surface area contributed by atoms with Crippen LogP contribution < -0.4 is 10.1 Å². The van der Waals surface area contributed by atoms with Gasteiger partial charge in [-0.25, -0.2) is 4.39 Å². The van der Waals surface area contributed by atoms with E-state index in [-0.39, 0.29) is 18.2 Å². The number of pyridine rings is 1. The quantitative estimate of drug-likeness (QED) is 0.721. The van der Waals surface area contributed by atoms with E-state index in [2.05, 4.69) is 10.3 Å². The summed E-state index contributed by atoms with van der Waals surface area (Å²) in [6.07, 6.45) is 6.82. The number of carbonyl (C=O) groups is 1. The Morgan fingerprint density at radius 3 is 2.96 bits per heavy atom. The average Bonchev–Trinajstić information content (AvgIpc) is 2.61. The maximum absolute atomic E-state index is 14.1. The molecule has 6 heteroatoms. The van der Waals surface area contributed by atoms with E-state index in [1.165, 1.54) is 30.5 Å². The van der Waals surface area contributed by atoms with Crippen molar-refractivity contribution < 1.29 is 19.0 Å². The molecule has 1 heterocycles. The lowest BCUT2D eigenvalue weighted by Gasteiger charge is -2.09. The number of aliphatic hydroxyl groups excluding tert-OH is 1. The number of hydrogen-bond acceptors (Lipinski definition) is 4. The van der Waals surface area contributed by atoms with E-state index in [9.17, 15) is 14.3 Å². The lowest BCUT2D eigenvalue weighted by atomic mass is 10.2. The van der Waals surface area contributed by atoms with Gasteiger partial charge in [0.25, 0.3) is 0 Å². The summed E-state index contributed by atoms with van der Waals surface area (Å²) in [6, 6.07) is 7.79. The molecule has 0 aliphatic rings. The molecular formula is C19H21FN2O3. The Kier molecular flexibility index (Phi) is 7.10. The minimum Gasteiger partial charge on any atom is -0.453 e. The van der Waals surface area contributed by atoms with Gasteiger partial charge >= 0.3 is 0 Å². The molecule has 1 aromatic carbocycles. The number of ether oxygens (including phenoxy) is 1. The number of nitrogens with one attached hydrogen (secondary N) is 1. The Hall–Kier alpha value is -2.73. The molecule has 1 unspecified atom stereocenters. The van der Waals surface area contributed by atoms with Crippen LogP contribution in [0.25, 0.3) is 6.08 Å². The van der Waals surface area contributed by atoms with Crippen molar-refractivity contribution in [3.63, 3.8) is 0 Å². The normalized spacial score (nSPS) is 12.1. The zero-order valence-electron chi connectivity index (χ0n) is 14.0. The second kappa shape index (κ2) is 9.54. The maximum atomic E-state index is 14.1. The van der Waals surface area contributed by atoms with Crippen LogP contribution in [0.3, 0.4) is 0 Å². The summed E-state index contributed by atoms with van der Waals surface area (Å²) in [5, 5.41) is 12.2. The summed E-state index contributed by atoms with van der Waals surface area (Å²) in [5.41, 5.74) is 0.528. The van der Waals surface area contributed by atoms with Crippen LogP contribution in [0.5, 0.6) is 11.5 Å². The van der Waals surface area contributed by atoms with E-state index in [0.717, 1.165) is 6.42 Å². The molecule has 0 saturated heterocycles. The minimum atomic E-state index is -0.552. The van der Waals surface area contributed by atoms with Crippen molar-refractivity contribution in [2.24, 2.45) is 0 Å². The van der Waals surface area contributed by atoms with Crippen molar-refractivity contribution >= 4 is 12.0 Å². The van der Waals surface area contributed by atoms with Gasteiger partial charge in [0, 0.05) is 18.8 Å². The lowest BCUT2D eigenvalue weighted by Crippen LogP contribution is -2.30. The number of hydrogen-bond donors (Lipinski definition) is 2. The smallest absolute Gasteiger partial charge is 0.244 e. The summed E-state index contributed by atoms with van der Waals surface area (Å²) >= 11 is 0. The van der Waals surface area contributed by atoms with Crippen LogP contribution in [0.4, 0.5) is 4.39 Å². The minimum absolute atomic E-state index is 0.0808. The SMILES string of the molecule is CCCC(O)CNC(=O)/C=C/c1ccc(Oc2cccnc2)c(F)c1. The molecule has 0 aliphatic carbocycles. The number of aromatic nitrogens is 1. The molecule has 0 spiro atoms. The fourth-order valence-corrected chi connectivity index (χ4v) is 2.12. The van der Waals surface area contributed by atoms with Gasteiger partial charge in [-0.2, -0.15) is 0 Å². The first-order valence-electron chi connectivity index (χ1n) is 8.10. The predicted molar refractivity (Wildman–Crippen MR) is 93.7 cm³/mol. The molecule has 1 atom stereocenters. The van der Waals surface area contributed by atoms with Gasteiger partial charge in [-0.05, 0) is 42.3 Å². The van der Waals surface area contributed by atoms with E-state index in [4.69, 9.17) is 4.74 Å². The van der Waals surface area contributed by atoms with Crippen LogP contribution in [0.15, 0.2) is 48.8 Å². The Bertz CT molecular complexity index is 720. The fraction of sp³-hybridized carbons (Fsp3) is 0.263. The van der Waals surface area contributed by atoms with Crippen molar-refractivity contribution in [3.8, 4) is 11.5 Å². The Labute approximate surface area is 146 Å². The monoisotopic (exact) mass is 344 g/mol. The number of benzene rings is 1. The largest absolute Gasteiger partial charge is 0.453 e. The Morgan fingerprint density at radius 2 is 2.28 bits per heavy atom. The first kappa shape index (κ1) is 18.6. The molecule has 2 N–H and O–H groups in total. The predicted octanol–water partition coefficient (Wildman–Crippen LogP) is 3.30. The summed E-state index contributed by atoms with van der Waals surface area (Å²) in [5.74, 6) is -0.358. The second-order valence-corrected chi connectivity index (χ2v) is 5.50. The van der Waals surface area contributed by atoms with Crippen molar-refractivity contribution in [3.05, 3.63) is 60.2 Å². The third-order valence-corrected chi connectivity index (χ3v) is 3.38. The highest BCUT2D eigenvalue weighted by Crippen LogP contribution is 2.24. The summed E-state index contributed by atoms with van der Waals surface area (Å²) < 4.78 is 19.5. The topological polar surface area (TPSA) is 71.5 Å². The molecule has 0 bridgehead atoms. The van der Waals surface area contributed by atoms with Gasteiger partial charge in [0.05, 0.1) is 12.3 Å². The van der Waals surface area contributed by atoms with Gasteiger partial charge in [0.15, 0.2) is 11.6 Å². The van der Waals surface area contributed by atoms with E-state index < -0.39 is 11.9 Å². The van der Waals surface area contributed by atoms with Gasteiger partial charge < -0.3 is 15.2 Å². The molecule has 25 heavy (non-hydrogen) atoms. The van der Waals surface area contributed by atoms with Crippen LogP contribution in [0.1, 0.15) is 25.3 Å². The standard InChI is InChI=1S/C19H21FN2O3/c1-2-4-15(23)12-22-19(24)9-7-14-6-8-18(17(20)11-14)25-16-5-3-10-21-13-16/h3,5-11,13,15,23H,2,4,12H2,1H3,(H,22,24)/b9-7+. The fourth-order valence-electron chi connectivity index (χ4n) is 2.12. The van der Waals surface area contributed by atoms with Gasteiger partial charge in [0.1, 0.15) is 5.75 Å². The van der Waals surface area contributed by atoms with E-state index in [1.807, 2.05) is 6.92 Å². The first-order valence-corrected chi connectivity index (χ1v) is 8.10. The van der Waals surface area contributed by atoms with Crippen LogP contribution in [-0.2, 0) is 4.79 Å². The summed E-state index contributed by atoms with van der Waals surface area (Å²) in [6.45, 7) is 2.16. The van der Waals surface area contributed by atoms with Gasteiger partial charge in [-0.3, -0.25) is 9.78 Å². The maximum Gasteiger partial charge on any atom is 0.244 e.